The first-order valence-electron chi connectivity index (χ1n) is 21.3. The van der Waals surface area contributed by atoms with Crippen molar-refractivity contribution in [3.8, 4) is 0 Å². The lowest BCUT2D eigenvalue weighted by Gasteiger charge is -2.20. The van der Waals surface area contributed by atoms with E-state index < -0.39 is 51.8 Å². The van der Waals surface area contributed by atoms with Gasteiger partial charge in [0.1, 0.15) is 12.7 Å². The van der Waals surface area contributed by atoms with Crippen molar-refractivity contribution < 1.29 is 52.9 Å². The number of aliphatic hydroxyl groups excluding tert-OH is 3. The molecule has 0 spiro atoms. The van der Waals surface area contributed by atoms with Crippen molar-refractivity contribution in [3.63, 3.8) is 0 Å². The van der Waals surface area contributed by atoms with E-state index >= 15 is 0 Å². The minimum atomic E-state index is -4.66. The maximum Gasteiger partial charge on any atom is 0.472 e. The second-order valence-corrected chi connectivity index (χ2v) is 15.2. The molecule has 0 aromatic carbocycles. The summed E-state index contributed by atoms with van der Waals surface area (Å²) in [5.74, 6) is -1.09. The summed E-state index contributed by atoms with van der Waals surface area (Å²) in [4.78, 5) is 34.9. The van der Waals surface area contributed by atoms with Crippen LogP contribution in [0.5, 0.6) is 0 Å². The number of phosphoric ester groups is 1. The topological polar surface area (TPSA) is 169 Å². The molecule has 58 heavy (non-hydrogen) atoms. The molecule has 330 valence electrons. The molecule has 0 aromatic rings. The Kier molecular flexibility index (Phi) is 38.4. The van der Waals surface area contributed by atoms with Crippen LogP contribution in [-0.4, -0.2) is 76.9 Å². The molecule has 0 aliphatic rings. The zero-order valence-electron chi connectivity index (χ0n) is 35.3. The summed E-state index contributed by atoms with van der Waals surface area (Å²) < 4.78 is 32.5. The Bertz CT molecular complexity index is 1300. The number of aliphatic hydroxyl groups is 3. The standard InChI is InChI=1S/C46H75O11P/c1-3-5-6-7-8-9-10-11-12-13-14-18-21-24-27-30-33-36-45(50)54-40-44(41-56-58(52,53)55-39-43(49)38-47)57-46(51)37-34-31-28-25-22-19-16-15-17-20-23-26-29-32-35-42(48)4-2/h8-9,11-12,14,16-20,24-29,42-44,47-49H,3-7,10,13,15,21-23,30-41H2,1-2H3,(H,52,53)/b9-8-,12-11-,18-14-,19-16-,20-17-,27-24-,28-25-,29-26-/t42-,43+,44-/m1/s1. The highest BCUT2D eigenvalue weighted by molar-refractivity contribution is 7.47. The van der Waals surface area contributed by atoms with E-state index in [2.05, 4.69) is 84.4 Å². The van der Waals surface area contributed by atoms with E-state index in [0.29, 0.717) is 25.7 Å². The Morgan fingerprint density at radius 2 is 0.983 bits per heavy atom. The van der Waals surface area contributed by atoms with Gasteiger partial charge in [-0.25, -0.2) is 4.57 Å². The molecule has 0 aromatic heterocycles. The van der Waals surface area contributed by atoms with Gasteiger partial charge in [-0.2, -0.15) is 0 Å². The van der Waals surface area contributed by atoms with Crippen molar-refractivity contribution in [2.75, 3.05) is 26.4 Å². The van der Waals surface area contributed by atoms with Crippen LogP contribution in [0.1, 0.15) is 136 Å². The van der Waals surface area contributed by atoms with Crippen molar-refractivity contribution >= 4 is 19.8 Å². The van der Waals surface area contributed by atoms with E-state index in [9.17, 15) is 29.3 Å². The van der Waals surface area contributed by atoms with Crippen LogP contribution in [0.3, 0.4) is 0 Å². The maximum absolute atomic E-state index is 12.6. The zero-order chi connectivity index (χ0) is 42.8. The van der Waals surface area contributed by atoms with Crippen molar-refractivity contribution in [2.45, 2.75) is 154 Å². The average molecular weight is 835 g/mol. The Morgan fingerprint density at radius 3 is 1.45 bits per heavy atom. The molecule has 4 atom stereocenters. The first-order chi connectivity index (χ1) is 28.1. The fourth-order valence-corrected chi connectivity index (χ4v) is 5.69. The van der Waals surface area contributed by atoms with Gasteiger partial charge >= 0.3 is 19.8 Å². The first kappa shape index (κ1) is 54.9. The fraction of sp³-hybridized carbons (Fsp3) is 0.609. The Labute approximate surface area is 349 Å². The van der Waals surface area contributed by atoms with Crippen molar-refractivity contribution in [3.05, 3.63) is 97.2 Å². The molecule has 0 heterocycles. The van der Waals surface area contributed by atoms with Gasteiger partial charge in [0.05, 0.1) is 25.9 Å². The Morgan fingerprint density at radius 1 is 0.552 bits per heavy atom. The number of carbonyl (C=O) groups is 2. The highest BCUT2D eigenvalue weighted by atomic mass is 31.2. The molecular formula is C46H75O11P. The normalized spacial score (nSPS) is 15.3. The molecule has 0 aliphatic heterocycles. The fourth-order valence-electron chi connectivity index (χ4n) is 4.90. The number of carbonyl (C=O) groups excluding carboxylic acids is 2. The molecule has 0 saturated heterocycles. The highest BCUT2D eigenvalue weighted by Gasteiger charge is 2.27. The molecule has 0 amide bonds. The van der Waals surface area contributed by atoms with Crippen molar-refractivity contribution in [1.82, 2.24) is 0 Å². The van der Waals surface area contributed by atoms with Gasteiger partial charge < -0.3 is 29.7 Å². The summed E-state index contributed by atoms with van der Waals surface area (Å²) in [5, 5.41) is 27.9. The molecule has 0 bridgehead atoms. The summed E-state index contributed by atoms with van der Waals surface area (Å²) in [7, 11) is -4.66. The smallest absolute Gasteiger partial charge is 0.462 e. The van der Waals surface area contributed by atoms with Crippen LogP contribution in [0.15, 0.2) is 97.2 Å². The summed E-state index contributed by atoms with van der Waals surface area (Å²) in [6.07, 6.45) is 46.1. The van der Waals surface area contributed by atoms with Gasteiger partial charge in [0.15, 0.2) is 6.10 Å². The minimum Gasteiger partial charge on any atom is -0.462 e. The predicted octanol–water partition coefficient (Wildman–Crippen LogP) is 10.2. The number of ether oxygens (including phenoxy) is 2. The molecule has 0 aliphatic carbocycles. The van der Waals surface area contributed by atoms with E-state index in [1.54, 1.807) is 0 Å². The van der Waals surface area contributed by atoms with E-state index in [1.807, 2.05) is 31.2 Å². The molecular weight excluding hydrogens is 759 g/mol. The van der Waals surface area contributed by atoms with Crippen LogP contribution < -0.4 is 0 Å². The summed E-state index contributed by atoms with van der Waals surface area (Å²) in [6, 6.07) is 0. The average Bonchev–Trinajstić information content (AvgIpc) is 3.21. The number of hydrogen-bond acceptors (Lipinski definition) is 10. The molecule has 11 nitrogen and oxygen atoms in total. The van der Waals surface area contributed by atoms with Crippen molar-refractivity contribution in [2.24, 2.45) is 0 Å². The van der Waals surface area contributed by atoms with Crippen molar-refractivity contribution in [1.29, 1.82) is 0 Å². The highest BCUT2D eigenvalue weighted by Crippen LogP contribution is 2.43. The lowest BCUT2D eigenvalue weighted by atomic mass is 10.1. The summed E-state index contributed by atoms with van der Waals surface area (Å²) >= 11 is 0. The van der Waals surface area contributed by atoms with E-state index in [4.69, 9.17) is 19.1 Å². The van der Waals surface area contributed by atoms with Crippen LogP contribution in [0.2, 0.25) is 0 Å². The summed E-state index contributed by atoms with van der Waals surface area (Å²) in [6.45, 7) is 1.91. The number of allylic oxidation sites excluding steroid dienone is 16. The number of phosphoric acid groups is 1. The van der Waals surface area contributed by atoms with Crippen LogP contribution in [0.4, 0.5) is 0 Å². The lowest BCUT2D eigenvalue weighted by molar-refractivity contribution is -0.161. The third-order valence-corrected chi connectivity index (χ3v) is 9.33. The van der Waals surface area contributed by atoms with Gasteiger partial charge in [0, 0.05) is 12.8 Å². The number of esters is 2. The first-order valence-corrected chi connectivity index (χ1v) is 22.8. The third kappa shape index (κ3) is 39.7. The van der Waals surface area contributed by atoms with Crippen LogP contribution in [0, 0.1) is 0 Å². The van der Waals surface area contributed by atoms with Gasteiger partial charge in [-0.3, -0.25) is 18.6 Å². The van der Waals surface area contributed by atoms with Gasteiger partial charge in [-0.1, -0.05) is 124 Å². The molecule has 4 N–H and O–H groups in total. The molecule has 0 rings (SSSR count). The largest absolute Gasteiger partial charge is 0.472 e. The molecule has 1 unspecified atom stereocenters. The zero-order valence-corrected chi connectivity index (χ0v) is 36.2. The third-order valence-electron chi connectivity index (χ3n) is 8.37. The molecule has 12 heteroatoms. The number of unbranched alkanes of at least 4 members (excludes halogenated alkanes) is 5. The van der Waals surface area contributed by atoms with Gasteiger partial charge in [-0.15, -0.1) is 0 Å². The van der Waals surface area contributed by atoms with Gasteiger partial charge in [0.25, 0.3) is 0 Å². The van der Waals surface area contributed by atoms with E-state index in [-0.39, 0.29) is 25.6 Å². The van der Waals surface area contributed by atoms with Crippen LogP contribution >= 0.6 is 7.82 Å². The predicted molar refractivity (Wildman–Crippen MR) is 234 cm³/mol. The van der Waals surface area contributed by atoms with Gasteiger partial charge in [-0.05, 0) is 96.3 Å². The molecule has 0 saturated carbocycles. The van der Waals surface area contributed by atoms with Crippen LogP contribution in [0.25, 0.3) is 0 Å². The van der Waals surface area contributed by atoms with Crippen LogP contribution in [-0.2, 0) is 32.7 Å². The monoisotopic (exact) mass is 835 g/mol. The van der Waals surface area contributed by atoms with Gasteiger partial charge in [0.2, 0.25) is 0 Å². The Hall–Kier alpha value is -3.15. The SMILES string of the molecule is CCCCC/C=C\C/C=C\C/C=C\C/C=C\CCCC(=O)OC[C@H](COP(=O)(O)OC[C@@H](O)CO)OC(=O)CCC/C=C\C/C=C\C/C=C\C/C=C\CC[C@H](O)CC. The lowest BCUT2D eigenvalue weighted by Crippen LogP contribution is -2.29. The summed E-state index contributed by atoms with van der Waals surface area (Å²) in [5.41, 5.74) is 0. The number of hydrogen-bond donors (Lipinski definition) is 4. The maximum atomic E-state index is 12.6. The van der Waals surface area contributed by atoms with E-state index in [0.717, 1.165) is 64.2 Å². The second-order valence-electron chi connectivity index (χ2n) is 13.8. The quantitative estimate of drug-likeness (QED) is 0.0202. The Balaban J connectivity index is 4.54. The minimum absolute atomic E-state index is 0.0775. The molecule has 0 radical (unpaired) electrons. The second kappa shape index (κ2) is 40.6. The van der Waals surface area contributed by atoms with E-state index in [1.165, 1.54) is 19.3 Å². The number of rotatable bonds is 38. The molecule has 0 fully saturated rings.